The van der Waals surface area contributed by atoms with Gasteiger partial charge in [-0.1, -0.05) is 133 Å². The van der Waals surface area contributed by atoms with Gasteiger partial charge in [0.1, 0.15) is 0 Å². The van der Waals surface area contributed by atoms with Crippen molar-refractivity contribution in [2.45, 2.75) is 6.18 Å². The molecular weight excluding hydrogens is 948 g/mol. The third kappa shape index (κ3) is 7.90. The molecule has 0 saturated carbocycles. The maximum atomic E-state index is 15.4. The van der Waals surface area contributed by atoms with Gasteiger partial charge in [0.05, 0.1) is 62.3 Å². The number of rotatable bonds is 8. The number of halogens is 3. The Morgan fingerprint density at radius 2 is 0.711 bits per heavy atom. The largest absolute Gasteiger partial charge is 0.416 e. The zero-order valence-electron chi connectivity index (χ0n) is 40.2. The summed E-state index contributed by atoms with van der Waals surface area (Å²) in [7, 11) is 0. The number of nitriles is 2. The van der Waals surface area contributed by atoms with Crippen LogP contribution in [0.2, 0.25) is 0 Å². The highest BCUT2D eigenvalue weighted by Gasteiger charge is 2.33. The number of hydrogen-bond donors (Lipinski definition) is 0. The molecule has 13 rings (SSSR count). The molecule has 358 valence electrons. The first kappa shape index (κ1) is 45.4. The highest BCUT2D eigenvalue weighted by Crippen LogP contribution is 2.45. The van der Waals surface area contributed by atoms with Crippen LogP contribution < -0.4 is 0 Å². The van der Waals surface area contributed by atoms with E-state index in [1.54, 1.807) is 30.3 Å². The van der Waals surface area contributed by atoms with E-state index < -0.39 is 11.7 Å². The minimum atomic E-state index is -4.69. The Morgan fingerprint density at radius 1 is 0.329 bits per heavy atom. The molecule has 0 bridgehead atoms. The van der Waals surface area contributed by atoms with Crippen LogP contribution >= 0.6 is 0 Å². The Balaban J connectivity index is 1.11. The number of para-hydroxylation sites is 2. The number of benzene rings is 10. The SMILES string of the molecule is N#Cc1ccc(-c2ccc3c(c2)c2ccccc2n3-c2ccc(-c3nc(-c4ccccc4)nc(-c4ccccc4)n3)cc2-c2cc(C(F)(F)F)ccc2-n2c3ccccc3c3cc(-c4ccc(C#N)cc4)ccc32)cc1. The lowest BCUT2D eigenvalue weighted by molar-refractivity contribution is -0.137. The summed E-state index contributed by atoms with van der Waals surface area (Å²) in [6, 6.07) is 76.7. The van der Waals surface area contributed by atoms with Crippen molar-refractivity contribution in [1.29, 1.82) is 10.5 Å². The van der Waals surface area contributed by atoms with Gasteiger partial charge in [-0.25, -0.2) is 15.0 Å². The molecule has 0 radical (unpaired) electrons. The fourth-order valence-corrected chi connectivity index (χ4v) is 10.4. The van der Waals surface area contributed by atoms with E-state index in [9.17, 15) is 10.5 Å². The van der Waals surface area contributed by atoms with Gasteiger partial charge in [-0.05, 0) is 119 Å². The molecule has 0 atom stereocenters. The molecule has 0 N–H and O–H groups in total. The smallest absolute Gasteiger partial charge is 0.309 e. The van der Waals surface area contributed by atoms with Gasteiger partial charge in [-0.3, -0.25) is 0 Å². The standard InChI is InChI=1S/C66H38F3N7/c67-66(68,69)50-30-34-62(76-58-18-10-8-16-52(58)54-36-48(28-32-60(54)76)44-25-21-42(40-71)22-26-44)56(38-50)55-37-49(65-73-63(45-11-3-1-4-12-45)72-64(74-65)46-13-5-2-6-14-46)29-33-61(55)75-57-17-9-7-15-51(57)53-35-47(27-31-59(53)75)43-23-19-41(39-70)20-24-43/h1-38H. The second kappa shape index (κ2) is 18.3. The van der Waals surface area contributed by atoms with E-state index in [4.69, 9.17) is 15.0 Å². The summed E-state index contributed by atoms with van der Waals surface area (Å²) < 4.78 is 50.4. The minimum absolute atomic E-state index is 0.325. The molecule has 0 saturated heterocycles. The molecule has 0 amide bonds. The summed E-state index contributed by atoms with van der Waals surface area (Å²) in [5.41, 5.74) is 11.4. The molecule has 10 heteroatoms. The van der Waals surface area contributed by atoms with E-state index in [1.165, 1.54) is 6.07 Å². The van der Waals surface area contributed by atoms with E-state index in [0.29, 0.717) is 56.7 Å². The Labute approximate surface area is 433 Å². The Bertz CT molecular complexity index is 4450. The maximum absolute atomic E-state index is 15.4. The molecule has 0 spiro atoms. The fourth-order valence-electron chi connectivity index (χ4n) is 10.4. The maximum Gasteiger partial charge on any atom is 0.416 e. The van der Waals surface area contributed by atoms with Gasteiger partial charge in [0, 0.05) is 49.4 Å². The molecule has 0 unspecified atom stereocenters. The number of alkyl halides is 3. The third-order valence-corrected chi connectivity index (χ3v) is 14.1. The van der Waals surface area contributed by atoms with Gasteiger partial charge in [-0.15, -0.1) is 0 Å². The quantitative estimate of drug-likeness (QED) is 0.151. The molecule has 3 aromatic heterocycles. The summed E-state index contributed by atoms with van der Waals surface area (Å²) in [6.07, 6.45) is -4.69. The van der Waals surface area contributed by atoms with Crippen LogP contribution in [0.1, 0.15) is 16.7 Å². The zero-order valence-corrected chi connectivity index (χ0v) is 40.2. The summed E-state index contributed by atoms with van der Waals surface area (Å²) >= 11 is 0. The summed E-state index contributed by atoms with van der Waals surface area (Å²) in [4.78, 5) is 15.1. The van der Waals surface area contributed by atoms with Gasteiger partial charge in [-0.2, -0.15) is 23.7 Å². The van der Waals surface area contributed by atoms with Gasteiger partial charge in [0.15, 0.2) is 17.5 Å². The number of fused-ring (bicyclic) bond motifs is 6. The first-order valence-electron chi connectivity index (χ1n) is 24.5. The normalized spacial score (nSPS) is 11.6. The van der Waals surface area contributed by atoms with Gasteiger partial charge >= 0.3 is 6.18 Å². The fraction of sp³-hybridized carbons (Fsp3) is 0.0152. The van der Waals surface area contributed by atoms with Crippen molar-refractivity contribution in [3.63, 3.8) is 0 Å². The minimum Gasteiger partial charge on any atom is -0.309 e. The first-order valence-corrected chi connectivity index (χ1v) is 24.5. The summed E-state index contributed by atoms with van der Waals surface area (Å²) in [5, 5.41) is 22.8. The lowest BCUT2D eigenvalue weighted by Gasteiger charge is -2.21. The van der Waals surface area contributed by atoms with Crippen LogP contribution in [0.4, 0.5) is 13.2 Å². The molecule has 7 nitrogen and oxygen atoms in total. The van der Waals surface area contributed by atoms with Crippen molar-refractivity contribution < 1.29 is 13.2 Å². The number of aromatic nitrogens is 5. The molecular formula is C66H38F3N7. The van der Waals surface area contributed by atoms with Crippen LogP contribution in [0, 0.1) is 22.7 Å². The third-order valence-electron chi connectivity index (χ3n) is 14.1. The van der Waals surface area contributed by atoms with E-state index in [2.05, 4.69) is 45.5 Å². The van der Waals surface area contributed by atoms with Crippen molar-refractivity contribution in [3.05, 3.63) is 247 Å². The average molecular weight is 986 g/mol. The molecule has 10 aromatic carbocycles. The van der Waals surface area contributed by atoms with Crippen LogP contribution in [-0.4, -0.2) is 24.1 Å². The van der Waals surface area contributed by atoms with Gasteiger partial charge in [0.2, 0.25) is 0 Å². The summed E-state index contributed by atoms with van der Waals surface area (Å²) in [5.74, 6) is 1.23. The molecule has 76 heavy (non-hydrogen) atoms. The van der Waals surface area contributed by atoms with Crippen LogP contribution in [0.25, 0.3) is 123 Å². The Kier molecular flexibility index (Phi) is 10.9. The molecule has 0 aliphatic rings. The lowest BCUT2D eigenvalue weighted by atomic mass is 9.96. The summed E-state index contributed by atoms with van der Waals surface area (Å²) in [6.45, 7) is 0. The second-order valence-corrected chi connectivity index (χ2v) is 18.5. The average Bonchev–Trinajstić information content (AvgIpc) is 4.07. The van der Waals surface area contributed by atoms with Crippen molar-refractivity contribution in [2.75, 3.05) is 0 Å². The predicted octanol–water partition coefficient (Wildman–Crippen LogP) is 16.8. The van der Waals surface area contributed by atoms with Gasteiger partial charge in [0.25, 0.3) is 0 Å². The number of nitrogens with zero attached hydrogens (tertiary/aromatic N) is 7. The van der Waals surface area contributed by atoms with Crippen LogP contribution in [0.3, 0.4) is 0 Å². The van der Waals surface area contributed by atoms with E-state index in [1.807, 2.05) is 164 Å². The van der Waals surface area contributed by atoms with Crippen molar-refractivity contribution >= 4 is 43.6 Å². The lowest BCUT2D eigenvalue weighted by Crippen LogP contribution is -2.08. The van der Waals surface area contributed by atoms with Crippen molar-refractivity contribution in [2.24, 2.45) is 0 Å². The molecule has 0 aliphatic carbocycles. The van der Waals surface area contributed by atoms with Crippen LogP contribution in [0.5, 0.6) is 0 Å². The highest BCUT2D eigenvalue weighted by molar-refractivity contribution is 6.13. The Hall–Kier alpha value is -10.4. The van der Waals surface area contributed by atoms with Crippen molar-refractivity contribution in [1.82, 2.24) is 24.1 Å². The highest BCUT2D eigenvalue weighted by atomic mass is 19.4. The topological polar surface area (TPSA) is 96.1 Å². The predicted molar refractivity (Wildman–Crippen MR) is 296 cm³/mol. The Morgan fingerprint density at radius 3 is 1.17 bits per heavy atom. The zero-order chi connectivity index (χ0) is 51.5. The molecule has 3 heterocycles. The monoisotopic (exact) mass is 985 g/mol. The van der Waals surface area contributed by atoms with E-state index >= 15 is 13.2 Å². The molecule has 0 fully saturated rings. The van der Waals surface area contributed by atoms with Gasteiger partial charge < -0.3 is 9.13 Å². The molecule has 13 aromatic rings. The second-order valence-electron chi connectivity index (χ2n) is 18.5. The van der Waals surface area contributed by atoms with Crippen molar-refractivity contribution in [3.8, 4) is 91.1 Å². The number of hydrogen-bond acceptors (Lipinski definition) is 5. The van der Waals surface area contributed by atoms with Crippen LogP contribution in [-0.2, 0) is 6.18 Å². The van der Waals surface area contributed by atoms with Crippen LogP contribution in [0.15, 0.2) is 231 Å². The van der Waals surface area contributed by atoms with E-state index in [-0.39, 0.29) is 0 Å². The van der Waals surface area contributed by atoms with E-state index in [0.717, 1.165) is 83.1 Å². The first-order chi connectivity index (χ1) is 37.2. The molecule has 0 aliphatic heterocycles.